The second kappa shape index (κ2) is 8.06. The second-order valence-corrected chi connectivity index (χ2v) is 7.42. The summed E-state index contributed by atoms with van der Waals surface area (Å²) < 4.78 is 0.684. The van der Waals surface area contributed by atoms with Crippen molar-refractivity contribution in [2.75, 3.05) is 16.4 Å². The summed E-state index contributed by atoms with van der Waals surface area (Å²) in [6, 6.07) is 4.85. The van der Waals surface area contributed by atoms with Crippen molar-refractivity contribution in [3.8, 4) is 0 Å². The molecule has 0 bridgehead atoms. The number of amides is 1. The minimum atomic E-state index is -0.468. The van der Waals surface area contributed by atoms with Gasteiger partial charge >= 0.3 is 0 Å². The molecule has 0 spiro atoms. The van der Waals surface area contributed by atoms with Gasteiger partial charge in [0, 0.05) is 12.1 Å². The fraction of sp³-hybridized carbons (Fsp3) is 0.357. The van der Waals surface area contributed by atoms with Crippen molar-refractivity contribution in [1.82, 2.24) is 10.2 Å². The summed E-state index contributed by atoms with van der Waals surface area (Å²) in [4.78, 5) is 22.5. The van der Waals surface area contributed by atoms with Crippen LogP contribution in [0.2, 0.25) is 0 Å². The number of rotatable bonds is 7. The quantitative estimate of drug-likeness (QED) is 0.439. The molecule has 2 rings (SSSR count). The largest absolute Gasteiger partial charge is 0.358 e. The van der Waals surface area contributed by atoms with Crippen LogP contribution in [0, 0.1) is 17.0 Å². The summed E-state index contributed by atoms with van der Waals surface area (Å²) in [7, 11) is 0. The lowest BCUT2D eigenvalue weighted by atomic mass is 10.1. The highest BCUT2D eigenvalue weighted by Crippen LogP contribution is 2.27. The number of hydrogen-bond acceptors (Lipinski definition) is 8. The molecule has 0 radical (unpaired) electrons. The number of carbonyl (C=O) groups excluding carboxylic acids is 1. The summed E-state index contributed by atoms with van der Waals surface area (Å²) in [5, 5.41) is 25.5. The van der Waals surface area contributed by atoms with E-state index >= 15 is 0 Å². The third-order valence-electron chi connectivity index (χ3n) is 2.92. The molecule has 128 valence electrons. The molecule has 0 aliphatic rings. The molecule has 0 fully saturated rings. The van der Waals surface area contributed by atoms with Crippen LogP contribution in [0.1, 0.15) is 19.4 Å². The van der Waals surface area contributed by atoms with Gasteiger partial charge in [-0.05, 0) is 26.8 Å². The third kappa shape index (κ3) is 4.90. The normalized spacial score (nSPS) is 10.7. The minimum Gasteiger partial charge on any atom is -0.358 e. The maximum atomic E-state index is 12.0. The first kappa shape index (κ1) is 18.1. The highest BCUT2D eigenvalue weighted by Gasteiger charge is 2.15. The molecule has 1 amide bonds. The Bertz CT molecular complexity index is 748. The smallest absolute Gasteiger partial charge is 0.274 e. The zero-order chi connectivity index (χ0) is 17.7. The van der Waals surface area contributed by atoms with Crippen molar-refractivity contribution in [3.63, 3.8) is 0 Å². The second-order valence-electron chi connectivity index (χ2n) is 5.22. The Morgan fingerprint density at radius 3 is 2.83 bits per heavy atom. The zero-order valence-corrected chi connectivity index (χ0v) is 15.0. The van der Waals surface area contributed by atoms with Crippen LogP contribution >= 0.6 is 23.1 Å². The molecule has 1 heterocycles. The molecular weight excluding hydrogens is 350 g/mol. The van der Waals surface area contributed by atoms with Crippen LogP contribution in [0.3, 0.4) is 0 Å². The number of nitro benzene ring substituents is 1. The van der Waals surface area contributed by atoms with Crippen molar-refractivity contribution in [3.05, 3.63) is 33.9 Å². The Balaban J connectivity index is 1.93. The number of nitrogens with one attached hydrogen (secondary N) is 2. The summed E-state index contributed by atoms with van der Waals surface area (Å²) in [5.41, 5.74) is 0.850. The van der Waals surface area contributed by atoms with Crippen LogP contribution in [-0.4, -0.2) is 32.8 Å². The van der Waals surface area contributed by atoms with E-state index in [1.807, 2.05) is 13.8 Å². The summed E-state index contributed by atoms with van der Waals surface area (Å²) in [6.45, 7) is 5.61. The van der Waals surface area contributed by atoms with Gasteiger partial charge in [0.05, 0.1) is 21.9 Å². The molecular formula is C14H17N5O3S2. The summed E-state index contributed by atoms with van der Waals surface area (Å²) in [6.07, 6.45) is 0. The molecule has 24 heavy (non-hydrogen) atoms. The lowest BCUT2D eigenvalue weighted by molar-refractivity contribution is -0.385. The van der Waals surface area contributed by atoms with Gasteiger partial charge in [-0.15, -0.1) is 10.2 Å². The molecule has 8 nitrogen and oxygen atoms in total. The van der Waals surface area contributed by atoms with E-state index in [4.69, 9.17) is 0 Å². The Hall–Kier alpha value is -2.20. The Labute approximate surface area is 147 Å². The van der Waals surface area contributed by atoms with E-state index in [2.05, 4.69) is 20.8 Å². The van der Waals surface area contributed by atoms with E-state index in [0.29, 0.717) is 20.7 Å². The van der Waals surface area contributed by atoms with Crippen molar-refractivity contribution < 1.29 is 9.72 Å². The Kier molecular flexibility index (Phi) is 6.10. The van der Waals surface area contributed by atoms with Crippen molar-refractivity contribution in [2.45, 2.75) is 31.2 Å². The van der Waals surface area contributed by atoms with Gasteiger partial charge in [0.15, 0.2) is 4.34 Å². The molecule has 0 atom stereocenters. The number of benzene rings is 1. The molecule has 1 aromatic carbocycles. The molecule has 0 aliphatic heterocycles. The predicted molar refractivity (Wildman–Crippen MR) is 95.9 cm³/mol. The number of thioether (sulfide) groups is 1. The van der Waals surface area contributed by atoms with Crippen molar-refractivity contribution in [1.29, 1.82) is 0 Å². The van der Waals surface area contributed by atoms with E-state index < -0.39 is 4.92 Å². The number of hydrogen-bond donors (Lipinski definition) is 2. The lowest BCUT2D eigenvalue weighted by Crippen LogP contribution is -2.15. The fourth-order valence-corrected chi connectivity index (χ4v) is 3.54. The lowest BCUT2D eigenvalue weighted by Gasteiger charge is -2.07. The summed E-state index contributed by atoms with van der Waals surface area (Å²) >= 11 is 2.65. The SMILES string of the molecule is Cc1c(NC(=O)CSc2nnc(NC(C)C)s2)cccc1[N+](=O)[O-]. The van der Waals surface area contributed by atoms with Gasteiger partial charge in [0.1, 0.15) is 0 Å². The highest BCUT2D eigenvalue weighted by atomic mass is 32.2. The average molecular weight is 367 g/mol. The standard InChI is InChI=1S/C14H17N5O3S2/c1-8(2)15-13-17-18-14(24-13)23-7-12(20)16-10-5-4-6-11(9(10)3)19(21)22/h4-6,8H,7H2,1-3H3,(H,15,17)(H,16,20). The minimum absolute atomic E-state index is 0.0195. The van der Waals surface area contributed by atoms with E-state index in [0.717, 1.165) is 0 Å². The van der Waals surface area contributed by atoms with E-state index in [1.165, 1.54) is 29.2 Å². The predicted octanol–water partition coefficient (Wildman–Crippen LogP) is 3.31. The van der Waals surface area contributed by atoms with Gasteiger partial charge in [-0.1, -0.05) is 29.2 Å². The van der Waals surface area contributed by atoms with E-state index in [-0.39, 0.29) is 23.4 Å². The number of aromatic nitrogens is 2. The summed E-state index contributed by atoms with van der Waals surface area (Å²) in [5.74, 6) is -0.101. The number of nitrogens with zero attached hydrogens (tertiary/aromatic N) is 3. The van der Waals surface area contributed by atoms with Gasteiger partial charge in [0.25, 0.3) is 5.69 Å². The van der Waals surface area contributed by atoms with Gasteiger partial charge < -0.3 is 10.6 Å². The van der Waals surface area contributed by atoms with Gasteiger partial charge in [-0.25, -0.2) is 0 Å². The Morgan fingerprint density at radius 1 is 1.42 bits per heavy atom. The fourth-order valence-electron chi connectivity index (χ4n) is 1.84. The molecule has 0 aliphatic carbocycles. The molecule has 1 aromatic heterocycles. The van der Waals surface area contributed by atoms with Crippen molar-refractivity contribution >= 4 is 45.5 Å². The highest BCUT2D eigenvalue weighted by molar-refractivity contribution is 8.01. The van der Waals surface area contributed by atoms with E-state index in [1.54, 1.807) is 19.1 Å². The van der Waals surface area contributed by atoms with Crippen LogP contribution in [0.15, 0.2) is 22.5 Å². The Morgan fingerprint density at radius 2 is 2.17 bits per heavy atom. The monoisotopic (exact) mass is 367 g/mol. The van der Waals surface area contributed by atoms with E-state index in [9.17, 15) is 14.9 Å². The topological polar surface area (TPSA) is 110 Å². The first-order chi connectivity index (χ1) is 11.4. The van der Waals surface area contributed by atoms with Crippen LogP contribution in [-0.2, 0) is 4.79 Å². The number of nitro groups is 1. The van der Waals surface area contributed by atoms with Crippen LogP contribution in [0.5, 0.6) is 0 Å². The molecule has 0 saturated heterocycles. The van der Waals surface area contributed by atoms with Crippen LogP contribution in [0.25, 0.3) is 0 Å². The first-order valence-electron chi connectivity index (χ1n) is 7.13. The maximum absolute atomic E-state index is 12.0. The maximum Gasteiger partial charge on any atom is 0.274 e. The molecule has 0 saturated carbocycles. The molecule has 0 unspecified atom stereocenters. The van der Waals surface area contributed by atoms with Gasteiger partial charge in [0.2, 0.25) is 11.0 Å². The molecule has 2 aromatic rings. The average Bonchev–Trinajstić information content (AvgIpc) is 2.93. The van der Waals surface area contributed by atoms with Gasteiger partial charge in [-0.2, -0.15) is 0 Å². The van der Waals surface area contributed by atoms with Crippen molar-refractivity contribution in [2.24, 2.45) is 0 Å². The number of anilines is 2. The molecule has 10 heteroatoms. The zero-order valence-electron chi connectivity index (χ0n) is 13.4. The van der Waals surface area contributed by atoms with Gasteiger partial charge in [-0.3, -0.25) is 14.9 Å². The third-order valence-corrected chi connectivity index (χ3v) is 4.91. The first-order valence-corrected chi connectivity index (χ1v) is 8.93. The van der Waals surface area contributed by atoms with Crippen LogP contribution in [0.4, 0.5) is 16.5 Å². The molecule has 2 N–H and O–H groups in total. The number of carbonyl (C=O) groups is 1. The van der Waals surface area contributed by atoms with Crippen LogP contribution < -0.4 is 10.6 Å².